The second-order valence-electron chi connectivity index (χ2n) is 3.58. The van der Waals surface area contributed by atoms with Gasteiger partial charge in [0.05, 0.1) is 17.6 Å². The molecular formula is C11H14BrNO5. The van der Waals surface area contributed by atoms with Crippen molar-refractivity contribution in [2.45, 2.75) is 19.1 Å². The third-order valence-electron chi connectivity index (χ3n) is 2.35. The molecule has 0 aliphatic heterocycles. The largest absolute Gasteiger partial charge is 0.493 e. The van der Waals surface area contributed by atoms with Crippen LogP contribution in [0.2, 0.25) is 0 Å². The quantitative estimate of drug-likeness (QED) is 0.473. The molecule has 0 bridgehead atoms. The summed E-state index contributed by atoms with van der Waals surface area (Å²) in [5, 5.41) is 30.4. The van der Waals surface area contributed by atoms with E-state index in [4.69, 9.17) is 4.74 Å². The van der Waals surface area contributed by atoms with Crippen LogP contribution in [0.5, 0.6) is 5.75 Å². The van der Waals surface area contributed by atoms with Crippen LogP contribution < -0.4 is 4.74 Å². The zero-order valence-corrected chi connectivity index (χ0v) is 11.3. The summed E-state index contributed by atoms with van der Waals surface area (Å²) in [4.78, 5) is 10.1. The van der Waals surface area contributed by atoms with Gasteiger partial charge in [-0.05, 0) is 13.0 Å². The van der Waals surface area contributed by atoms with Crippen LogP contribution >= 0.6 is 15.9 Å². The van der Waals surface area contributed by atoms with Gasteiger partial charge in [-0.1, -0.05) is 15.9 Å². The number of nitro groups is 1. The van der Waals surface area contributed by atoms with E-state index in [-0.39, 0.29) is 16.6 Å². The van der Waals surface area contributed by atoms with E-state index in [0.717, 1.165) is 0 Å². The molecule has 2 N–H and O–H groups in total. The number of aliphatic hydroxyl groups excluding tert-OH is 2. The molecule has 0 saturated carbocycles. The fourth-order valence-corrected chi connectivity index (χ4v) is 1.81. The predicted octanol–water partition coefficient (Wildman–Crippen LogP) is 1.78. The molecule has 0 aliphatic carbocycles. The Hall–Kier alpha value is -1.18. The number of nitrogens with zero attached hydrogens (tertiary/aromatic N) is 1. The highest BCUT2D eigenvalue weighted by Gasteiger charge is 2.23. The van der Waals surface area contributed by atoms with E-state index in [1.165, 1.54) is 18.2 Å². The minimum atomic E-state index is -1.24. The first-order valence-electron chi connectivity index (χ1n) is 5.34. The standard InChI is InChI=1S/C11H14BrNO5/c1-2-18-10-4-3-7(13(16)17)5-8(10)11(15)9(14)6-12/h3-5,9,11,14-15H,2,6H2,1H3. The first-order valence-corrected chi connectivity index (χ1v) is 6.46. The van der Waals surface area contributed by atoms with Gasteiger partial charge in [-0.25, -0.2) is 0 Å². The Morgan fingerprint density at radius 1 is 1.50 bits per heavy atom. The van der Waals surface area contributed by atoms with Gasteiger partial charge in [0.15, 0.2) is 0 Å². The second-order valence-corrected chi connectivity index (χ2v) is 4.23. The molecule has 0 amide bonds. The number of ether oxygens (including phenoxy) is 1. The first-order chi connectivity index (χ1) is 8.51. The highest BCUT2D eigenvalue weighted by Crippen LogP contribution is 2.31. The molecule has 0 spiro atoms. The molecule has 1 rings (SSSR count). The van der Waals surface area contributed by atoms with Crippen LogP contribution in [0.1, 0.15) is 18.6 Å². The second kappa shape index (κ2) is 6.67. The molecule has 6 nitrogen and oxygen atoms in total. The number of hydrogen-bond donors (Lipinski definition) is 2. The number of halogens is 1. The topological polar surface area (TPSA) is 92.8 Å². The lowest BCUT2D eigenvalue weighted by atomic mass is 10.0. The summed E-state index contributed by atoms with van der Waals surface area (Å²) >= 11 is 3.04. The molecule has 0 saturated heterocycles. The van der Waals surface area contributed by atoms with Crippen LogP contribution in [0.25, 0.3) is 0 Å². The van der Waals surface area contributed by atoms with Gasteiger partial charge in [0.2, 0.25) is 0 Å². The Balaban J connectivity index is 3.18. The number of rotatable bonds is 6. The molecule has 0 fully saturated rings. The first kappa shape index (κ1) is 14.9. The van der Waals surface area contributed by atoms with E-state index in [1.807, 2.05) is 0 Å². The lowest BCUT2D eigenvalue weighted by molar-refractivity contribution is -0.385. The Kier molecular flexibility index (Phi) is 5.52. The van der Waals surface area contributed by atoms with E-state index >= 15 is 0 Å². The van der Waals surface area contributed by atoms with Gasteiger partial charge < -0.3 is 14.9 Å². The predicted molar refractivity (Wildman–Crippen MR) is 69.0 cm³/mol. The molecule has 2 atom stereocenters. The fourth-order valence-electron chi connectivity index (χ4n) is 1.46. The Morgan fingerprint density at radius 3 is 2.67 bits per heavy atom. The van der Waals surface area contributed by atoms with E-state index in [1.54, 1.807) is 6.92 Å². The van der Waals surface area contributed by atoms with Crippen LogP contribution in [-0.4, -0.2) is 33.2 Å². The van der Waals surface area contributed by atoms with Gasteiger partial charge in [-0.15, -0.1) is 0 Å². The lowest BCUT2D eigenvalue weighted by Crippen LogP contribution is -2.20. The maximum absolute atomic E-state index is 10.7. The summed E-state index contributed by atoms with van der Waals surface area (Å²) in [6, 6.07) is 3.92. The van der Waals surface area contributed by atoms with Gasteiger partial charge in [0.1, 0.15) is 11.9 Å². The monoisotopic (exact) mass is 319 g/mol. The summed E-state index contributed by atoms with van der Waals surface area (Å²) in [6.07, 6.45) is -2.31. The van der Waals surface area contributed by atoms with Gasteiger partial charge >= 0.3 is 0 Å². The summed E-state index contributed by atoms with van der Waals surface area (Å²) in [5.41, 5.74) is 0.0484. The van der Waals surface area contributed by atoms with E-state index in [0.29, 0.717) is 12.4 Å². The zero-order chi connectivity index (χ0) is 13.7. The third kappa shape index (κ3) is 3.41. The minimum Gasteiger partial charge on any atom is -0.493 e. The number of alkyl halides is 1. The number of hydrogen-bond acceptors (Lipinski definition) is 5. The molecule has 1 aromatic rings. The Morgan fingerprint density at radius 2 is 2.17 bits per heavy atom. The normalized spacial score (nSPS) is 14.0. The lowest BCUT2D eigenvalue weighted by Gasteiger charge is -2.18. The summed E-state index contributed by atoms with van der Waals surface area (Å²) in [7, 11) is 0. The number of aliphatic hydroxyl groups is 2. The maximum atomic E-state index is 10.7. The highest BCUT2D eigenvalue weighted by atomic mass is 79.9. The fraction of sp³-hybridized carbons (Fsp3) is 0.455. The van der Waals surface area contributed by atoms with Gasteiger partial charge in [0, 0.05) is 23.0 Å². The van der Waals surface area contributed by atoms with Crippen molar-refractivity contribution >= 4 is 21.6 Å². The van der Waals surface area contributed by atoms with Gasteiger partial charge in [0.25, 0.3) is 5.69 Å². The molecule has 0 aromatic heterocycles. The minimum absolute atomic E-state index is 0.155. The summed E-state index contributed by atoms with van der Waals surface area (Å²) < 4.78 is 5.28. The molecule has 1 aromatic carbocycles. The van der Waals surface area contributed by atoms with Crippen molar-refractivity contribution in [3.8, 4) is 5.75 Å². The van der Waals surface area contributed by atoms with Crippen LogP contribution in [-0.2, 0) is 0 Å². The maximum Gasteiger partial charge on any atom is 0.270 e. The van der Waals surface area contributed by atoms with E-state index in [9.17, 15) is 20.3 Å². The van der Waals surface area contributed by atoms with E-state index < -0.39 is 17.1 Å². The van der Waals surface area contributed by atoms with Crippen molar-refractivity contribution < 1.29 is 19.9 Å². The molecular weight excluding hydrogens is 306 g/mol. The number of benzene rings is 1. The van der Waals surface area contributed by atoms with Gasteiger partial charge in [-0.3, -0.25) is 10.1 Å². The van der Waals surface area contributed by atoms with Crippen molar-refractivity contribution in [2.75, 3.05) is 11.9 Å². The van der Waals surface area contributed by atoms with E-state index in [2.05, 4.69) is 15.9 Å². The van der Waals surface area contributed by atoms with Crippen molar-refractivity contribution in [3.63, 3.8) is 0 Å². The Labute approximate surface area is 112 Å². The smallest absolute Gasteiger partial charge is 0.270 e. The molecule has 7 heteroatoms. The van der Waals surface area contributed by atoms with Crippen LogP contribution in [0.4, 0.5) is 5.69 Å². The summed E-state index contributed by atoms with van der Waals surface area (Å²) in [5.74, 6) is 0.329. The Bertz CT molecular complexity index is 426. The van der Waals surface area contributed by atoms with Crippen LogP contribution in [0, 0.1) is 10.1 Å². The molecule has 100 valence electrons. The van der Waals surface area contributed by atoms with Crippen LogP contribution in [0.15, 0.2) is 18.2 Å². The molecule has 0 radical (unpaired) electrons. The molecule has 18 heavy (non-hydrogen) atoms. The highest BCUT2D eigenvalue weighted by molar-refractivity contribution is 9.09. The third-order valence-corrected chi connectivity index (χ3v) is 3.01. The molecule has 0 aliphatic rings. The average molecular weight is 320 g/mol. The summed E-state index contributed by atoms with van der Waals surface area (Å²) in [6.45, 7) is 2.13. The van der Waals surface area contributed by atoms with Gasteiger partial charge in [-0.2, -0.15) is 0 Å². The molecule has 2 unspecified atom stereocenters. The van der Waals surface area contributed by atoms with Crippen molar-refractivity contribution in [3.05, 3.63) is 33.9 Å². The molecule has 0 heterocycles. The van der Waals surface area contributed by atoms with Crippen LogP contribution in [0.3, 0.4) is 0 Å². The van der Waals surface area contributed by atoms with Crippen molar-refractivity contribution in [2.24, 2.45) is 0 Å². The average Bonchev–Trinajstić information content (AvgIpc) is 2.37. The van der Waals surface area contributed by atoms with Crippen molar-refractivity contribution in [1.82, 2.24) is 0 Å². The zero-order valence-electron chi connectivity index (χ0n) is 9.75. The SMILES string of the molecule is CCOc1ccc([N+](=O)[O-])cc1C(O)C(O)CBr. The number of non-ortho nitro benzene ring substituents is 1. The van der Waals surface area contributed by atoms with Crippen molar-refractivity contribution in [1.29, 1.82) is 0 Å². The number of nitro benzene ring substituents is 1.